The Morgan fingerprint density at radius 3 is 2.40 bits per heavy atom. The minimum atomic E-state index is -0.207. The van der Waals surface area contributed by atoms with Crippen LogP contribution in [0.2, 0.25) is 0 Å². The van der Waals surface area contributed by atoms with Gasteiger partial charge in [0.15, 0.2) is 0 Å². The minimum absolute atomic E-state index is 0.133. The van der Waals surface area contributed by atoms with E-state index < -0.39 is 0 Å². The Balaban J connectivity index is 1.77. The molecule has 1 heterocycles. The molecule has 0 saturated heterocycles. The Hall–Kier alpha value is -2.92. The summed E-state index contributed by atoms with van der Waals surface area (Å²) in [6, 6.07) is 20.5. The topological polar surface area (TPSA) is 49.4 Å². The highest BCUT2D eigenvalue weighted by Gasteiger charge is 2.17. The summed E-state index contributed by atoms with van der Waals surface area (Å²) in [5, 5.41) is 4.68. The number of para-hydroxylation sites is 1. The predicted octanol–water partition coefficient (Wildman–Crippen LogP) is 4.27. The van der Waals surface area contributed by atoms with Crippen LogP contribution in [0.25, 0.3) is 0 Å². The van der Waals surface area contributed by atoms with Gasteiger partial charge in [-0.3, -0.25) is 9.59 Å². The van der Waals surface area contributed by atoms with Gasteiger partial charge in [-0.2, -0.15) is 0 Å². The summed E-state index contributed by atoms with van der Waals surface area (Å²) in [4.78, 5) is 27.4. The second-order valence-corrected chi connectivity index (χ2v) is 6.57. The second kappa shape index (κ2) is 7.77. The number of carbonyl (C=O) groups is 2. The largest absolute Gasteiger partial charge is 0.337 e. The molecule has 2 aromatic carbocycles. The third-order valence-electron chi connectivity index (χ3n) is 3.76. The summed E-state index contributed by atoms with van der Waals surface area (Å²) in [5.41, 5.74) is 2.05. The van der Waals surface area contributed by atoms with E-state index in [0.717, 1.165) is 5.56 Å². The number of thiophene rings is 1. The molecule has 0 aliphatic rings. The number of nitrogens with zero attached hydrogens (tertiary/aromatic N) is 1. The van der Waals surface area contributed by atoms with Crippen molar-refractivity contribution >= 4 is 28.8 Å². The van der Waals surface area contributed by atoms with E-state index in [1.54, 1.807) is 42.3 Å². The van der Waals surface area contributed by atoms with Crippen molar-refractivity contribution in [1.82, 2.24) is 4.90 Å². The summed E-state index contributed by atoms with van der Waals surface area (Å²) in [7, 11) is 1.76. The van der Waals surface area contributed by atoms with E-state index >= 15 is 0 Å². The molecular weight excluding hydrogens is 332 g/mol. The van der Waals surface area contributed by atoms with Crippen molar-refractivity contribution in [2.24, 2.45) is 0 Å². The van der Waals surface area contributed by atoms with Crippen LogP contribution in [-0.2, 0) is 6.54 Å². The molecule has 0 bridgehead atoms. The third-order valence-corrected chi connectivity index (χ3v) is 4.63. The van der Waals surface area contributed by atoms with Gasteiger partial charge in [0.25, 0.3) is 11.8 Å². The number of hydrogen-bond donors (Lipinski definition) is 1. The lowest BCUT2D eigenvalue weighted by atomic mass is 10.1. The SMILES string of the molecule is CN(Cc1ccccc1)C(=O)c1ccccc1NC(=O)c1cccs1. The van der Waals surface area contributed by atoms with Crippen LogP contribution in [0.15, 0.2) is 72.1 Å². The smallest absolute Gasteiger partial charge is 0.265 e. The number of hydrogen-bond acceptors (Lipinski definition) is 3. The average molecular weight is 350 g/mol. The molecule has 1 N–H and O–H groups in total. The molecule has 0 radical (unpaired) electrons. The van der Waals surface area contributed by atoms with Gasteiger partial charge in [-0.25, -0.2) is 0 Å². The molecule has 0 aliphatic carbocycles. The highest BCUT2D eigenvalue weighted by molar-refractivity contribution is 7.12. The zero-order valence-corrected chi connectivity index (χ0v) is 14.6. The third kappa shape index (κ3) is 4.14. The van der Waals surface area contributed by atoms with Crippen LogP contribution in [0.5, 0.6) is 0 Å². The maximum Gasteiger partial charge on any atom is 0.265 e. The van der Waals surface area contributed by atoms with Crippen LogP contribution in [0.4, 0.5) is 5.69 Å². The molecule has 1 aromatic heterocycles. The zero-order valence-electron chi connectivity index (χ0n) is 13.8. The van der Waals surface area contributed by atoms with Gasteiger partial charge >= 0.3 is 0 Å². The van der Waals surface area contributed by atoms with Crippen molar-refractivity contribution in [3.8, 4) is 0 Å². The van der Waals surface area contributed by atoms with E-state index in [-0.39, 0.29) is 11.8 Å². The normalized spacial score (nSPS) is 10.3. The first kappa shape index (κ1) is 16.9. The molecule has 5 heteroatoms. The predicted molar refractivity (Wildman–Crippen MR) is 101 cm³/mol. The summed E-state index contributed by atoms with van der Waals surface area (Å²) < 4.78 is 0. The van der Waals surface area contributed by atoms with Crippen molar-refractivity contribution in [3.63, 3.8) is 0 Å². The van der Waals surface area contributed by atoms with E-state index in [1.807, 2.05) is 41.8 Å². The van der Waals surface area contributed by atoms with Gasteiger partial charge in [0.05, 0.1) is 16.1 Å². The quantitative estimate of drug-likeness (QED) is 0.747. The van der Waals surface area contributed by atoms with E-state index in [0.29, 0.717) is 22.7 Å². The van der Waals surface area contributed by atoms with Gasteiger partial charge in [-0.05, 0) is 29.1 Å². The molecule has 0 atom stereocenters. The average Bonchev–Trinajstić information content (AvgIpc) is 3.17. The van der Waals surface area contributed by atoms with Crippen molar-refractivity contribution in [2.75, 3.05) is 12.4 Å². The van der Waals surface area contributed by atoms with Crippen molar-refractivity contribution in [1.29, 1.82) is 0 Å². The van der Waals surface area contributed by atoms with Gasteiger partial charge in [0, 0.05) is 13.6 Å². The van der Waals surface area contributed by atoms with E-state index in [9.17, 15) is 9.59 Å². The van der Waals surface area contributed by atoms with Gasteiger partial charge in [0.1, 0.15) is 0 Å². The summed E-state index contributed by atoms with van der Waals surface area (Å²) >= 11 is 1.37. The number of benzene rings is 2. The Labute approximate surface area is 150 Å². The van der Waals surface area contributed by atoms with Crippen LogP contribution in [0.3, 0.4) is 0 Å². The van der Waals surface area contributed by atoms with Gasteiger partial charge < -0.3 is 10.2 Å². The fraction of sp³-hybridized carbons (Fsp3) is 0.100. The lowest BCUT2D eigenvalue weighted by molar-refractivity contribution is 0.0786. The van der Waals surface area contributed by atoms with Crippen molar-refractivity contribution in [3.05, 3.63) is 88.1 Å². The Kier molecular flexibility index (Phi) is 5.26. The first-order valence-corrected chi connectivity index (χ1v) is 8.76. The Bertz CT molecular complexity index is 860. The molecule has 0 unspecified atom stereocenters. The first-order chi connectivity index (χ1) is 12.1. The number of rotatable bonds is 5. The summed E-state index contributed by atoms with van der Waals surface area (Å²) in [5.74, 6) is -0.341. The maximum absolute atomic E-state index is 12.8. The Morgan fingerprint density at radius 2 is 1.68 bits per heavy atom. The number of nitrogens with one attached hydrogen (secondary N) is 1. The lowest BCUT2D eigenvalue weighted by Gasteiger charge is -2.19. The maximum atomic E-state index is 12.8. The van der Waals surface area contributed by atoms with E-state index in [4.69, 9.17) is 0 Å². The highest BCUT2D eigenvalue weighted by atomic mass is 32.1. The summed E-state index contributed by atoms with van der Waals surface area (Å²) in [6.45, 7) is 0.507. The molecule has 4 nitrogen and oxygen atoms in total. The second-order valence-electron chi connectivity index (χ2n) is 5.62. The molecule has 0 aliphatic heterocycles. The minimum Gasteiger partial charge on any atom is -0.337 e. The molecule has 126 valence electrons. The number of amides is 2. The van der Waals surface area contributed by atoms with Crippen molar-refractivity contribution in [2.45, 2.75) is 6.54 Å². The molecule has 0 fully saturated rings. The van der Waals surface area contributed by atoms with E-state index in [2.05, 4.69) is 5.32 Å². The molecule has 3 aromatic rings. The van der Waals surface area contributed by atoms with Crippen LogP contribution in [0.1, 0.15) is 25.6 Å². The van der Waals surface area contributed by atoms with E-state index in [1.165, 1.54) is 11.3 Å². The molecule has 2 amide bonds. The number of carbonyl (C=O) groups excluding carboxylic acids is 2. The lowest BCUT2D eigenvalue weighted by Crippen LogP contribution is -2.27. The van der Waals surface area contributed by atoms with Crippen LogP contribution in [0, 0.1) is 0 Å². The zero-order chi connectivity index (χ0) is 17.6. The van der Waals surface area contributed by atoms with Crippen molar-refractivity contribution < 1.29 is 9.59 Å². The summed E-state index contributed by atoms with van der Waals surface area (Å²) in [6.07, 6.45) is 0. The number of anilines is 1. The fourth-order valence-corrected chi connectivity index (χ4v) is 3.12. The molecule has 3 rings (SSSR count). The fourth-order valence-electron chi connectivity index (χ4n) is 2.50. The highest BCUT2D eigenvalue weighted by Crippen LogP contribution is 2.20. The van der Waals surface area contributed by atoms with Gasteiger partial charge in [-0.15, -0.1) is 11.3 Å². The molecule has 0 spiro atoms. The Morgan fingerprint density at radius 1 is 0.960 bits per heavy atom. The molecular formula is C20H18N2O2S. The van der Waals surface area contributed by atoms with Gasteiger partial charge in [-0.1, -0.05) is 48.5 Å². The van der Waals surface area contributed by atoms with Gasteiger partial charge in [0.2, 0.25) is 0 Å². The van der Waals surface area contributed by atoms with Crippen LogP contribution < -0.4 is 5.32 Å². The van der Waals surface area contributed by atoms with Crippen LogP contribution >= 0.6 is 11.3 Å². The first-order valence-electron chi connectivity index (χ1n) is 7.88. The standard InChI is InChI=1S/C20H18N2O2S/c1-22(14-15-8-3-2-4-9-15)20(24)16-10-5-6-11-17(16)21-19(23)18-12-7-13-25-18/h2-13H,14H2,1H3,(H,21,23). The molecule has 0 saturated carbocycles. The van der Waals surface area contributed by atoms with Crippen LogP contribution in [-0.4, -0.2) is 23.8 Å². The monoisotopic (exact) mass is 350 g/mol. The molecule has 25 heavy (non-hydrogen) atoms.